The quantitative estimate of drug-likeness (QED) is 0.262. The molecule has 0 amide bonds. The van der Waals surface area contributed by atoms with Gasteiger partial charge in [-0.3, -0.25) is 13.9 Å². The first-order valence-corrected chi connectivity index (χ1v) is 10.6. The summed E-state index contributed by atoms with van der Waals surface area (Å²) in [5, 5.41) is 41.7. The van der Waals surface area contributed by atoms with Gasteiger partial charge in [-0.1, -0.05) is 20.8 Å². The van der Waals surface area contributed by atoms with E-state index in [0.717, 1.165) is 19.9 Å². The average molecular weight is 512 g/mol. The fourth-order valence-electron chi connectivity index (χ4n) is 3.26. The Kier molecular flexibility index (Phi) is 6.63. The van der Waals surface area contributed by atoms with E-state index in [1.807, 2.05) is 0 Å². The molecule has 0 fully saturated rings. The van der Waals surface area contributed by atoms with E-state index in [0.29, 0.717) is 0 Å². The van der Waals surface area contributed by atoms with Crippen LogP contribution in [0, 0.1) is 11.3 Å². The highest BCUT2D eigenvalue weighted by molar-refractivity contribution is 7.71. The second-order valence-electron chi connectivity index (χ2n) is 8.75. The number of hydrogen-bond acceptors (Lipinski definition) is 8. The molecule has 0 aliphatic carbocycles. The molecular formula is C22H21N7O6S. The van der Waals surface area contributed by atoms with Crippen LogP contribution in [0.4, 0.5) is 17.2 Å². The third-order valence-electron chi connectivity index (χ3n) is 5.17. The van der Waals surface area contributed by atoms with Gasteiger partial charge in [0.2, 0.25) is 11.6 Å². The standard InChI is InChI=1S/C22H21N7O6S/c1-22(2,3)15-13(23-4)16(25-24-14-17(30)27(5)21(36)28(6)18(14)31)29(26-15)12-8-10(19(32)33)7-11(9-12)20(34)35/h7-9,30H,1-3,5-6H3,(H,32,33)(H,34,35). The molecule has 0 aliphatic heterocycles. The Morgan fingerprint density at radius 1 is 1.06 bits per heavy atom. The summed E-state index contributed by atoms with van der Waals surface area (Å²) in [6.45, 7) is 13.1. The minimum Gasteiger partial charge on any atom is -0.493 e. The number of carbonyl (C=O) groups is 2. The molecule has 3 rings (SSSR count). The van der Waals surface area contributed by atoms with Crippen LogP contribution < -0.4 is 5.56 Å². The van der Waals surface area contributed by atoms with Crippen molar-refractivity contribution in [2.75, 3.05) is 0 Å². The molecule has 13 nitrogen and oxygen atoms in total. The molecule has 14 heteroatoms. The molecule has 0 spiro atoms. The molecule has 2 heterocycles. The molecule has 186 valence electrons. The Labute approximate surface area is 209 Å². The number of carboxylic acids is 2. The number of benzene rings is 1. The number of azo groups is 1. The van der Waals surface area contributed by atoms with Crippen molar-refractivity contribution in [1.29, 1.82) is 0 Å². The van der Waals surface area contributed by atoms with Crippen LogP contribution in [0.15, 0.2) is 33.2 Å². The highest BCUT2D eigenvalue weighted by Crippen LogP contribution is 2.41. The fraction of sp³-hybridized carbons (Fsp3) is 0.273. The Hall–Kier alpha value is -4.64. The van der Waals surface area contributed by atoms with Crippen LogP contribution in [0.25, 0.3) is 10.5 Å². The van der Waals surface area contributed by atoms with E-state index in [9.17, 15) is 29.7 Å². The molecule has 0 atom stereocenters. The first-order valence-electron chi connectivity index (χ1n) is 10.2. The van der Waals surface area contributed by atoms with Crippen molar-refractivity contribution in [3.05, 3.63) is 61.6 Å². The van der Waals surface area contributed by atoms with Crippen molar-refractivity contribution < 1.29 is 24.9 Å². The maximum absolute atomic E-state index is 12.7. The van der Waals surface area contributed by atoms with Crippen molar-refractivity contribution in [2.24, 2.45) is 24.3 Å². The summed E-state index contributed by atoms with van der Waals surface area (Å²) < 4.78 is 3.34. The van der Waals surface area contributed by atoms with Crippen LogP contribution in [0.1, 0.15) is 47.2 Å². The van der Waals surface area contributed by atoms with Gasteiger partial charge >= 0.3 is 11.9 Å². The zero-order chi connectivity index (χ0) is 27.1. The summed E-state index contributed by atoms with van der Waals surface area (Å²) >= 11 is 5.09. The summed E-state index contributed by atoms with van der Waals surface area (Å²) in [5.74, 6) is -3.50. The number of nitrogens with zero attached hydrogens (tertiary/aromatic N) is 7. The molecule has 3 aromatic rings. The third-order valence-corrected chi connectivity index (χ3v) is 5.72. The van der Waals surface area contributed by atoms with Crippen molar-refractivity contribution in [2.45, 2.75) is 26.2 Å². The molecule has 0 unspecified atom stereocenters. The summed E-state index contributed by atoms with van der Waals surface area (Å²) in [4.78, 5) is 39.4. The van der Waals surface area contributed by atoms with E-state index in [1.165, 1.54) is 26.2 Å². The molecule has 0 aliphatic rings. The highest BCUT2D eigenvalue weighted by atomic mass is 32.1. The van der Waals surface area contributed by atoms with Gasteiger partial charge in [0.1, 0.15) is 0 Å². The van der Waals surface area contributed by atoms with Crippen molar-refractivity contribution in [3.63, 3.8) is 0 Å². The molecule has 1 aromatic carbocycles. The van der Waals surface area contributed by atoms with Gasteiger partial charge in [-0.25, -0.2) is 19.1 Å². The molecule has 0 radical (unpaired) electrons. The molecule has 3 N–H and O–H groups in total. The van der Waals surface area contributed by atoms with E-state index in [1.54, 1.807) is 20.8 Å². The molecule has 0 saturated carbocycles. The van der Waals surface area contributed by atoms with Gasteiger partial charge in [0, 0.05) is 14.1 Å². The predicted molar refractivity (Wildman–Crippen MR) is 130 cm³/mol. The largest absolute Gasteiger partial charge is 0.493 e. The normalized spacial score (nSPS) is 11.6. The van der Waals surface area contributed by atoms with Crippen molar-refractivity contribution >= 4 is 41.3 Å². The second kappa shape index (κ2) is 9.19. The Bertz CT molecular complexity index is 1580. The maximum Gasteiger partial charge on any atom is 0.335 e. The Morgan fingerprint density at radius 3 is 2.08 bits per heavy atom. The summed E-state index contributed by atoms with van der Waals surface area (Å²) in [5.41, 5.74) is -2.33. The topological polar surface area (TPSA) is 169 Å². The minimum absolute atomic E-state index is 0.00904. The highest BCUT2D eigenvalue weighted by Gasteiger charge is 2.29. The van der Waals surface area contributed by atoms with Crippen LogP contribution in [-0.4, -0.2) is 46.2 Å². The lowest BCUT2D eigenvalue weighted by atomic mass is 9.91. The van der Waals surface area contributed by atoms with Crippen LogP contribution in [0.3, 0.4) is 0 Å². The van der Waals surface area contributed by atoms with Gasteiger partial charge in [-0.05, 0) is 35.8 Å². The molecule has 36 heavy (non-hydrogen) atoms. The second-order valence-corrected chi connectivity index (χ2v) is 9.12. The first-order chi connectivity index (χ1) is 16.7. The zero-order valence-corrected chi connectivity index (χ0v) is 20.7. The molecule has 2 aromatic heterocycles. The van der Waals surface area contributed by atoms with Gasteiger partial charge in [0.05, 0.1) is 29.1 Å². The Balaban J connectivity index is 2.40. The number of aromatic carboxylic acids is 2. The van der Waals surface area contributed by atoms with E-state index in [-0.39, 0.29) is 38.8 Å². The average Bonchev–Trinajstić information content (AvgIpc) is 3.20. The number of hydrogen-bond donors (Lipinski definition) is 3. The van der Waals surface area contributed by atoms with E-state index >= 15 is 0 Å². The monoisotopic (exact) mass is 511 g/mol. The molecule has 0 bridgehead atoms. The van der Waals surface area contributed by atoms with E-state index in [4.69, 9.17) is 18.8 Å². The lowest BCUT2D eigenvalue weighted by Crippen LogP contribution is -2.20. The number of carboxylic acid groups (broad SMARTS) is 2. The van der Waals surface area contributed by atoms with Crippen LogP contribution >= 0.6 is 12.2 Å². The fourth-order valence-corrected chi connectivity index (χ4v) is 3.43. The van der Waals surface area contributed by atoms with Gasteiger partial charge in [0.25, 0.3) is 11.2 Å². The van der Waals surface area contributed by atoms with Crippen molar-refractivity contribution in [1.82, 2.24) is 18.9 Å². The number of aromatic nitrogens is 4. The SMILES string of the molecule is [C-]#[N+]c1c(C(C)(C)C)nn(-c2cc(C(=O)O)cc(C(=O)O)c2)c1N=Nc1c(O)n(C)c(=S)n(C)c1=O. The summed E-state index contributed by atoms with van der Waals surface area (Å²) in [6, 6.07) is 3.32. The zero-order valence-electron chi connectivity index (χ0n) is 19.8. The smallest absolute Gasteiger partial charge is 0.335 e. The summed E-state index contributed by atoms with van der Waals surface area (Å²) in [7, 11) is 2.81. The maximum atomic E-state index is 12.7. The van der Waals surface area contributed by atoms with E-state index in [2.05, 4.69) is 20.2 Å². The van der Waals surface area contributed by atoms with E-state index < -0.39 is 34.5 Å². The van der Waals surface area contributed by atoms with Gasteiger partial charge in [-0.2, -0.15) is 5.10 Å². The lowest BCUT2D eigenvalue weighted by molar-refractivity contribution is 0.0696. The molecule has 0 saturated heterocycles. The van der Waals surface area contributed by atoms with Crippen LogP contribution in [-0.2, 0) is 19.5 Å². The third kappa shape index (κ3) is 4.51. The van der Waals surface area contributed by atoms with Crippen LogP contribution in [0.5, 0.6) is 5.88 Å². The van der Waals surface area contributed by atoms with Crippen LogP contribution in [0.2, 0.25) is 0 Å². The van der Waals surface area contributed by atoms with Gasteiger partial charge < -0.3 is 15.3 Å². The number of rotatable bonds is 5. The predicted octanol–water partition coefficient (Wildman–Crippen LogP) is 4.00. The lowest BCUT2D eigenvalue weighted by Gasteiger charge is -2.15. The summed E-state index contributed by atoms with van der Waals surface area (Å²) in [6.07, 6.45) is 0. The Morgan fingerprint density at radius 2 is 1.61 bits per heavy atom. The van der Waals surface area contributed by atoms with Crippen molar-refractivity contribution in [3.8, 4) is 11.6 Å². The minimum atomic E-state index is -1.37. The first kappa shape index (κ1) is 26.0. The number of aromatic hydroxyl groups is 1. The van der Waals surface area contributed by atoms with Gasteiger partial charge in [0.15, 0.2) is 10.6 Å². The molecular weight excluding hydrogens is 490 g/mol. The van der Waals surface area contributed by atoms with Gasteiger partial charge in [-0.15, -0.1) is 10.2 Å².